The van der Waals surface area contributed by atoms with Gasteiger partial charge in [-0.15, -0.1) is 0 Å². The smallest absolute Gasteiger partial charge is 0.226 e. The molecule has 2 amide bonds. The van der Waals surface area contributed by atoms with E-state index in [-0.39, 0.29) is 19.2 Å². The van der Waals surface area contributed by atoms with Gasteiger partial charge in [0, 0.05) is 37.3 Å². The van der Waals surface area contributed by atoms with E-state index in [4.69, 9.17) is 0 Å². The maximum Gasteiger partial charge on any atom is 0.226 e. The number of nitrogens with zero attached hydrogens (tertiary/aromatic N) is 2. The summed E-state index contributed by atoms with van der Waals surface area (Å²) in [5.41, 5.74) is 4.55. The van der Waals surface area contributed by atoms with Crippen molar-refractivity contribution in [2.75, 3.05) is 22.9 Å². The van der Waals surface area contributed by atoms with Crippen LogP contribution in [0.25, 0.3) is 0 Å². The minimum Gasteiger partial charge on any atom is -0.312 e. The average molecular weight is 395 g/mol. The zero-order chi connectivity index (χ0) is 19.9. The molecule has 2 aliphatic rings. The van der Waals surface area contributed by atoms with E-state index in [1.807, 2.05) is 34.1 Å². The predicted molar refractivity (Wildman–Crippen MR) is 121 cm³/mol. The average Bonchev–Trinajstić information content (AvgIpc) is 2.71. The fourth-order valence-electron chi connectivity index (χ4n) is 3.61. The van der Waals surface area contributed by atoms with Gasteiger partial charge in [-0.3, -0.25) is 9.59 Å². The number of aryl methyl sites for hydroxylation is 2. The Bertz CT molecular complexity index is 727. The van der Waals surface area contributed by atoms with Crippen molar-refractivity contribution in [3.05, 3.63) is 59.7 Å². The SMILES string of the molecule is C.Cc1ccc(N2CCCCC2=O)cc1.Cc1ccc(N2CCCCC2=O)cc1. The molecule has 4 rings (SSSR count). The Morgan fingerprint density at radius 2 is 0.931 bits per heavy atom. The third-order valence-electron chi connectivity index (χ3n) is 5.34. The third kappa shape index (κ3) is 6.18. The highest BCUT2D eigenvalue weighted by Crippen LogP contribution is 2.21. The first-order valence-corrected chi connectivity index (χ1v) is 10.3. The molecule has 2 aromatic carbocycles. The number of hydrogen-bond acceptors (Lipinski definition) is 2. The second-order valence-corrected chi connectivity index (χ2v) is 7.68. The van der Waals surface area contributed by atoms with Crippen LogP contribution in [-0.4, -0.2) is 24.9 Å². The number of rotatable bonds is 2. The highest BCUT2D eigenvalue weighted by atomic mass is 16.2. The van der Waals surface area contributed by atoms with Gasteiger partial charge in [0.25, 0.3) is 0 Å². The molecule has 2 heterocycles. The summed E-state index contributed by atoms with van der Waals surface area (Å²) in [6.07, 6.45) is 5.74. The zero-order valence-electron chi connectivity index (χ0n) is 17.0. The van der Waals surface area contributed by atoms with E-state index in [9.17, 15) is 9.59 Å². The van der Waals surface area contributed by atoms with E-state index in [1.54, 1.807) is 0 Å². The van der Waals surface area contributed by atoms with Crippen LogP contribution in [0.4, 0.5) is 11.4 Å². The first-order chi connectivity index (χ1) is 13.5. The molecule has 0 spiro atoms. The second kappa shape index (κ2) is 10.8. The van der Waals surface area contributed by atoms with Crippen molar-refractivity contribution in [3.63, 3.8) is 0 Å². The van der Waals surface area contributed by atoms with Crippen LogP contribution in [0.5, 0.6) is 0 Å². The van der Waals surface area contributed by atoms with Crippen molar-refractivity contribution in [1.29, 1.82) is 0 Å². The molecule has 0 aliphatic carbocycles. The molecule has 4 heteroatoms. The maximum atomic E-state index is 11.6. The number of carbonyl (C=O) groups excluding carboxylic acids is 2. The van der Waals surface area contributed by atoms with E-state index in [0.717, 1.165) is 50.1 Å². The maximum absolute atomic E-state index is 11.6. The Morgan fingerprint density at radius 3 is 1.24 bits per heavy atom. The highest BCUT2D eigenvalue weighted by Gasteiger charge is 2.19. The van der Waals surface area contributed by atoms with Crippen LogP contribution in [-0.2, 0) is 9.59 Å². The van der Waals surface area contributed by atoms with Crippen molar-refractivity contribution in [2.45, 2.75) is 59.8 Å². The quantitative estimate of drug-likeness (QED) is 0.659. The van der Waals surface area contributed by atoms with Gasteiger partial charge in [-0.25, -0.2) is 0 Å². The molecule has 0 radical (unpaired) electrons. The lowest BCUT2D eigenvalue weighted by atomic mass is 10.1. The van der Waals surface area contributed by atoms with E-state index in [2.05, 4.69) is 38.1 Å². The number of amides is 2. The molecule has 0 saturated carbocycles. The molecular weight excluding hydrogens is 360 g/mol. The third-order valence-corrected chi connectivity index (χ3v) is 5.34. The van der Waals surface area contributed by atoms with Crippen LogP contribution < -0.4 is 9.80 Å². The Kier molecular flexibility index (Phi) is 8.44. The molecule has 2 aliphatic heterocycles. The van der Waals surface area contributed by atoms with Gasteiger partial charge in [0.15, 0.2) is 0 Å². The summed E-state index contributed by atoms with van der Waals surface area (Å²) in [7, 11) is 0. The van der Waals surface area contributed by atoms with E-state index in [1.165, 1.54) is 11.1 Å². The minimum atomic E-state index is 0. The van der Waals surface area contributed by atoms with Crippen molar-refractivity contribution in [2.24, 2.45) is 0 Å². The Labute approximate surface area is 175 Å². The van der Waals surface area contributed by atoms with Crippen molar-refractivity contribution >= 4 is 23.2 Å². The summed E-state index contributed by atoms with van der Waals surface area (Å²) < 4.78 is 0. The molecule has 0 bridgehead atoms. The molecule has 0 unspecified atom stereocenters. The lowest BCUT2D eigenvalue weighted by molar-refractivity contribution is -0.120. The summed E-state index contributed by atoms with van der Waals surface area (Å²) >= 11 is 0. The van der Waals surface area contributed by atoms with Gasteiger partial charge in [0.1, 0.15) is 0 Å². The molecule has 29 heavy (non-hydrogen) atoms. The monoisotopic (exact) mass is 394 g/mol. The number of piperidine rings is 2. The van der Waals surface area contributed by atoms with E-state index in [0.29, 0.717) is 12.8 Å². The van der Waals surface area contributed by atoms with Crippen LogP contribution in [0.2, 0.25) is 0 Å². The topological polar surface area (TPSA) is 40.6 Å². The lowest BCUT2D eigenvalue weighted by Crippen LogP contribution is -2.35. The van der Waals surface area contributed by atoms with Gasteiger partial charge >= 0.3 is 0 Å². The van der Waals surface area contributed by atoms with Crippen LogP contribution in [0.1, 0.15) is 57.1 Å². The number of benzene rings is 2. The van der Waals surface area contributed by atoms with Crippen molar-refractivity contribution < 1.29 is 9.59 Å². The van der Waals surface area contributed by atoms with Crippen LogP contribution in [0.15, 0.2) is 48.5 Å². The molecule has 0 aromatic heterocycles. The molecule has 2 fully saturated rings. The number of hydrogen-bond donors (Lipinski definition) is 0. The van der Waals surface area contributed by atoms with Crippen molar-refractivity contribution in [3.8, 4) is 0 Å². The van der Waals surface area contributed by atoms with Gasteiger partial charge < -0.3 is 9.80 Å². The summed E-state index contributed by atoms with van der Waals surface area (Å²) in [6, 6.07) is 16.3. The summed E-state index contributed by atoms with van der Waals surface area (Å²) in [5, 5.41) is 0. The zero-order valence-corrected chi connectivity index (χ0v) is 17.0. The van der Waals surface area contributed by atoms with Gasteiger partial charge in [-0.05, 0) is 63.8 Å². The first kappa shape index (κ1) is 22.7. The Morgan fingerprint density at radius 1 is 0.586 bits per heavy atom. The predicted octanol–water partition coefficient (Wildman–Crippen LogP) is 5.66. The van der Waals surface area contributed by atoms with Crippen LogP contribution in [0.3, 0.4) is 0 Å². The molecule has 0 atom stereocenters. The van der Waals surface area contributed by atoms with Gasteiger partial charge in [-0.1, -0.05) is 42.8 Å². The molecule has 2 saturated heterocycles. The fraction of sp³-hybridized carbons (Fsp3) is 0.440. The van der Waals surface area contributed by atoms with Crippen molar-refractivity contribution in [1.82, 2.24) is 0 Å². The lowest BCUT2D eigenvalue weighted by Gasteiger charge is -2.26. The summed E-state index contributed by atoms with van der Waals surface area (Å²) in [4.78, 5) is 27.0. The molecular formula is C25H34N2O2. The highest BCUT2D eigenvalue weighted by molar-refractivity contribution is 5.94. The Balaban J connectivity index is 0.000000200. The van der Waals surface area contributed by atoms with Crippen LogP contribution in [0, 0.1) is 13.8 Å². The molecule has 0 N–H and O–H groups in total. The van der Waals surface area contributed by atoms with E-state index < -0.39 is 0 Å². The van der Waals surface area contributed by atoms with Gasteiger partial charge in [0.05, 0.1) is 0 Å². The molecule has 2 aromatic rings. The normalized spacial score (nSPS) is 16.6. The Hall–Kier alpha value is -2.62. The fourth-order valence-corrected chi connectivity index (χ4v) is 3.61. The standard InChI is InChI=1S/2C12H15NO.CH4/c2*1-10-5-7-11(8-6-10)13-9-3-2-4-12(13)14;/h2*5-8H,2-4,9H2,1H3;1H4. The first-order valence-electron chi connectivity index (χ1n) is 10.3. The second-order valence-electron chi connectivity index (χ2n) is 7.68. The number of anilines is 2. The van der Waals surface area contributed by atoms with Gasteiger partial charge in [0.2, 0.25) is 11.8 Å². The largest absolute Gasteiger partial charge is 0.312 e. The number of carbonyl (C=O) groups is 2. The molecule has 156 valence electrons. The minimum absolute atomic E-state index is 0. The summed E-state index contributed by atoms with van der Waals surface area (Å²) in [5.74, 6) is 0.528. The van der Waals surface area contributed by atoms with E-state index >= 15 is 0 Å². The molecule has 4 nitrogen and oxygen atoms in total. The summed E-state index contributed by atoms with van der Waals surface area (Å²) in [6.45, 7) is 5.87. The van der Waals surface area contributed by atoms with Gasteiger partial charge in [-0.2, -0.15) is 0 Å². The van der Waals surface area contributed by atoms with Crippen LogP contribution >= 0.6 is 0 Å².